The minimum atomic E-state index is -0.293. The van der Waals surface area contributed by atoms with Gasteiger partial charge in [-0.2, -0.15) is 0 Å². The van der Waals surface area contributed by atoms with Crippen LogP contribution < -0.4 is 11.1 Å². The maximum Gasteiger partial charge on any atom is 0.257 e. The number of carbonyl (C=O) groups is 1. The van der Waals surface area contributed by atoms with Crippen molar-refractivity contribution in [3.63, 3.8) is 0 Å². The number of hydrogen-bond donors (Lipinski definition) is 2. The SMILES string of the molecule is Nc1ccc(Br)cc1C(=O)Nc1cncnc1. The van der Waals surface area contributed by atoms with Gasteiger partial charge in [0.1, 0.15) is 6.33 Å². The second kappa shape index (κ2) is 4.92. The number of amides is 1. The highest BCUT2D eigenvalue weighted by Gasteiger charge is 2.10. The number of benzene rings is 1. The van der Waals surface area contributed by atoms with Crippen LogP contribution >= 0.6 is 15.9 Å². The molecule has 1 amide bonds. The summed E-state index contributed by atoms with van der Waals surface area (Å²) in [6.07, 6.45) is 4.42. The number of nitrogen functional groups attached to an aromatic ring is 1. The highest BCUT2D eigenvalue weighted by atomic mass is 79.9. The summed E-state index contributed by atoms with van der Waals surface area (Å²) in [6.45, 7) is 0. The van der Waals surface area contributed by atoms with Gasteiger partial charge in [-0.15, -0.1) is 0 Å². The number of aromatic nitrogens is 2. The number of nitrogens with zero attached hydrogens (tertiary/aromatic N) is 2. The van der Waals surface area contributed by atoms with E-state index in [-0.39, 0.29) is 5.91 Å². The quantitative estimate of drug-likeness (QED) is 0.831. The first kappa shape index (κ1) is 11.5. The molecule has 17 heavy (non-hydrogen) atoms. The van der Waals surface area contributed by atoms with Crippen molar-refractivity contribution in [2.24, 2.45) is 0 Å². The van der Waals surface area contributed by atoms with Crippen molar-refractivity contribution in [3.05, 3.63) is 47.0 Å². The van der Waals surface area contributed by atoms with Gasteiger partial charge in [0, 0.05) is 10.2 Å². The summed E-state index contributed by atoms with van der Waals surface area (Å²) in [5.41, 5.74) is 7.08. The lowest BCUT2D eigenvalue weighted by Gasteiger charge is -2.07. The minimum Gasteiger partial charge on any atom is -0.398 e. The number of anilines is 2. The first-order chi connectivity index (χ1) is 8.16. The molecule has 0 unspecified atom stereocenters. The van der Waals surface area contributed by atoms with Gasteiger partial charge in [-0.25, -0.2) is 9.97 Å². The molecule has 0 aliphatic heterocycles. The van der Waals surface area contributed by atoms with Crippen LogP contribution in [0, 0.1) is 0 Å². The van der Waals surface area contributed by atoms with Gasteiger partial charge in [-0.1, -0.05) is 15.9 Å². The predicted octanol–water partition coefficient (Wildman–Crippen LogP) is 2.07. The van der Waals surface area contributed by atoms with Gasteiger partial charge >= 0.3 is 0 Å². The van der Waals surface area contributed by atoms with E-state index in [0.29, 0.717) is 16.9 Å². The molecule has 0 fully saturated rings. The second-order valence-electron chi connectivity index (χ2n) is 3.31. The van der Waals surface area contributed by atoms with Crippen LogP contribution in [0.15, 0.2) is 41.4 Å². The summed E-state index contributed by atoms with van der Waals surface area (Å²) in [5, 5.41) is 2.66. The van der Waals surface area contributed by atoms with E-state index in [0.717, 1.165) is 4.47 Å². The van der Waals surface area contributed by atoms with E-state index < -0.39 is 0 Å². The molecule has 2 aromatic rings. The van der Waals surface area contributed by atoms with Gasteiger partial charge in [0.2, 0.25) is 0 Å². The van der Waals surface area contributed by atoms with Crippen LogP contribution in [0.5, 0.6) is 0 Å². The summed E-state index contributed by atoms with van der Waals surface area (Å²) < 4.78 is 0.793. The monoisotopic (exact) mass is 292 g/mol. The number of halogens is 1. The Morgan fingerprint density at radius 3 is 2.71 bits per heavy atom. The molecule has 1 aromatic heterocycles. The summed E-state index contributed by atoms with van der Waals surface area (Å²) in [5.74, 6) is -0.293. The molecule has 0 saturated carbocycles. The summed E-state index contributed by atoms with van der Waals surface area (Å²) >= 11 is 3.29. The van der Waals surface area contributed by atoms with Crippen LogP contribution in [0.4, 0.5) is 11.4 Å². The number of nitrogens with one attached hydrogen (secondary N) is 1. The maximum absolute atomic E-state index is 11.9. The predicted molar refractivity (Wildman–Crippen MR) is 68.5 cm³/mol. The Balaban J connectivity index is 2.23. The standard InChI is InChI=1S/C11H9BrN4O/c12-7-1-2-10(13)9(3-7)11(17)16-8-4-14-6-15-5-8/h1-6H,13H2,(H,16,17). The fourth-order valence-corrected chi connectivity index (χ4v) is 1.65. The number of rotatable bonds is 2. The Morgan fingerprint density at radius 2 is 2.00 bits per heavy atom. The van der Waals surface area contributed by atoms with Crippen LogP contribution in [0.1, 0.15) is 10.4 Å². The van der Waals surface area contributed by atoms with Gasteiger partial charge in [0.15, 0.2) is 0 Å². The number of hydrogen-bond acceptors (Lipinski definition) is 4. The van der Waals surface area contributed by atoms with Crippen molar-refractivity contribution in [1.82, 2.24) is 9.97 Å². The van der Waals surface area contributed by atoms with Crippen LogP contribution in [0.3, 0.4) is 0 Å². The molecule has 0 saturated heterocycles. The highest BCUT2D eigenvalue weighted by Crippen LogP contribution is 2.19. The minimum absolute atomic E-state index is 0.293. The average Bonchev–Trinajstić information content (AvgIpc) is 2.33. The Bertz CT molecular complexity index is 544. The van der Waals surface area contributed by atoms with Gasteiger partial charge < -0.3 is 11.1 Å². The molecule has 0 radical (unpaired) electrons. The largest absolute Gasteiger partial charge is 0.398 e. The molecular weight excluding hydrogens is 284 g/mol. The summed E-state index contributed by atoms with van der Waals surface area (Å²) in [6, 6.07) is 5.10. The van der Waals surface area contributed by atoms with Crippen molar-refractivity contribution >= 4 is 33.2 Å². The third-order valence-electron chi connectivity index (χ3n) is 2.08. The van der Waals surface area contributed by atoms with Gasteiger partial charge in [-0.3, -0.25) is 4.79 Å². The topological polar surface area (TPSA) is 80.9 Å². The lowest BCUT2D eigenvalue weighted by atomic mass is 10.1. The normalized spacial score (nSPS) is 9.94. The fourth-order valence-electron chi connectivity index (χ4n) is 1.29. The fraction of sp³-hybridized carbons (Fsp3) is 0. The zero-order valence-electron chi connectivity index (χ0n) is 8.72. The van der Waals surface area contributed by atoms with Crippen molar-refractivity contribution in [1.29, 1.82) is 0 Å². The van der Waals surface area contributed by atoms with E-state index >= 15 is 0 Å². The Kier molecular flexibility index (Phi) is 3.34. The second-order valence-corrected chi connectivity index (χ2v) is 4.23. The van der Waals surface area contributed by atoms with Crippen molar-refractivity contribution in [3.8, 4) is 0 Å². The van der Waals surface area contributed by atoms with Crippen molar-refractivity contribution in [2.45, 2.75) is 0 Å². The third-order valence-corrected chi connectivity index (χ3v) is 2.57. The molecule has 0 atom stereocenters. The molecule has 0 aliphatic carbocycles. The van der Waals surface area contributed by atoms with E-state index in [4.69, 9.17) is 5.73 Å². The first-order valence-corrected chi connectivity index (χ1v) is 5.57. The molecule has 0 bridgehead atoms. The summed E-state index contributed by atoms with van der Waals surface area (Å²) in [4.78, 5) is 19.5. The lowest BCUT2D eigenvalue weighted by Crippen LogP contribution is -2.14. The highest BCUT2D eigenvalue weighted by molar-refractivity contribution is 9.10. The molecular formula is C11H9BrN4O. The third kappa shape index (κ3) is 2.79. The van der Waals surface area contributed by atoms with E-state index in [1.54, 1.807) is 18.2 Å². The number of carbonyl (C=O) groups excluding carboxylic acids is 1. The van der Waals surface area contributed by atoms with E-state index in [2.05, 4.69) is 31.2 Å². The first-order valence-electron chi connectivity index (χ1n) is 4.78. The van der Waals surface area contributed by atoms with Gasteiger partial charge in [-0.05, 0) is 18.2 Å². The van der Waals surface area contributed by atoms with Gasteiger partial charge in [0.05, 0.1) is 23.6 Å². The molecule has 6 heteroatoms. The smallest absolute Gasteiger partial charge is 0.257 e. The van der Waals surface area contributed by atoms with E-state index in [1.807, 2.05) is 0 Å². The average molecular weight is 293 g/mol. The number of nitrogens with two attached hydrogens (primary N) is 1. The van der Waals surface area contributed by atoms with Crippen LogP contribution in [0.2, 0.25) is 0 Å². The molecule has 86 valence electrons. The Hall–Kier alpha value is -1.95. The zero-order valence-corrected chi connectivity index (χ0v) is 10.3. The molecule has 3 N–H and O–H groups in total. The van der Waals surface area contributed by atoms with Crippen LogP contribution in [-0.2, 0) is 0 Å². The summed E-state index contributed by atoms with van der Waals surface area (Å²) in [7, 11) is 0. The van der Waals surface area contributed by atoms with E-state index in [1.165, 1.54) is 18.7 Å². The van der Waals surface area contributed by atoms with Crippen molar-refractivity contribution in [2.75, 3.05) is 11.1 Å². The lowest BCUT2D eigenvalue weighted by molar-refractivity contribution is 0.102. The molecule has 0 aliphatic rings. The Morgan fingerprint density at radius 1 is 1.29 bits per heavy atom. The molecule has 1 aromatic carbocycles. The van der Waals surface area contributed by atoms with Crippen LogP contribution in [0.25, 0.3) is 0 Å². The Labute approximate surface area is 106 Å². The van der Waals surface area contributed by atoms with Gasteiger partial charge in [0.25, 0.3) is 5.91 Å². The van der Waals surface area contributed by atoms with E-state index in [9.17, 15) is 4.79 Å². The molecule has 0 spiro atoms. The molecule has 1 heterocycles. The molecule has 2 rings (SSSR count). The van der Waals surface area contributed by atoms with Crippen LogP contribution in [-0.4, -0.2) is 15.9 Å². The zero-order chi connectivity index (χ0) is 12.3. The molecule has 5 nitrogen and oxygen atoms in total. The maximum atomic E-state index is 11.9. The van der Waals surface area contributed by atoms with Crippen molar-refractivity contribution < 1.29 is 4.79 Å².